The van der Waals surface area contributed by atoms with E-state index in [-0.39, 0.29) is 12.0 Å². The van der Waals surface area contributed by atoms with Gasteiger partial charge in [-0.2, -0.15) is 5.26 Å². The zero-order valence-electron chi connectivity index (χ0n) is 14.7. The lowest BCUT2D eigenvalue weighted by molar-refractivity contribution is -0.123. The van der Waals surface area contributed by atoms with E-state index in [9.17, 15) is 4.79 Å². The van der Waals surface area contributed by atoms with E-state index in [4.69, 9.17) is 21.6 Å². The first kappa shape index (κ1) is 17.7. The van der Waals surface area contributed by atoms with Crippen LogP contribution in [0.25, 0.3) is 0 Å². The maximum Gasteiger partial charge on any atom is 0.274 e. The molecule has 3 aliphatic rings. The Hall–Kier alpha value is -2.65. The second kappa shape index (κ2) is 7.53. The van der Waals surface area contributed by atoms with Gasteiger partial charge in [0.05, 0.1) is 29.4 Å². The summed E-state index contributed by atoms with van der Waals surface area (Å²) in [5.74, 6) is 1.52. The van der Waals surface area contributed by atoms with Crippen molar-refractivity contribution in [2.75, 3.05) is 19.6 Å². The molecule has 6 nitrogen and oxygen atoms in total. The Morgan fingerprint density at radius 1 is 1.30 bits per heavy atom. The number of nitrogens with zero attached hydrogens (tertiary/aromatic N) is 4. The molecule has 2 fully saturated rings. The Morgan fingerprint density at radius 3 is 2.78 bits per heavy atom. The van der Waals surface area contributed by atoms with Gasteiger partial charge in [-0.05, 0) is 42.9 Å². The van der Waals surface area contributed by atoms with Gasteiger partial charge in [-0.15, -0.1) is 0 Å². The topological polar surface area (TPSA) is 78.0 Å². The number of carbonyl (C=O) groups is 1. The summed E-state index contributed by atoms with van der Waals surface area (Å²) in [5, 5.41) is 9.36. The van der Waals surface area contributed by atoms with E-state index in [2.05, 4.69) is 9.98 Å². The molecule has 2 heterocycles. The third-order valence-electron chi connectivity index (χ3n) is 5.32. The summed E-state index contributed by atoms with van der Waals surface area (Å²) in [4.78, 5) is 22.9. The van der Waals surface area contributed by atoms with Crippen LogP contribution in [0.4, 0.5) is 0 Å². The first-order chi connectivity index (χ1) is 13.1. The third kappa shape index (κ3) is 3.74. The van der Waals surface area contributed by atoms with E-state index in [1.54, 1.807) is 30.6 Å². The van der Waals surface area contributed by atoms with Gasteiger partial charge < -0.3 is 9.64 Å². The number of likely N-dealkylation sites (tertiary alicyclic amines) is 1. The van der Waals surface area contributed by atoms with Gasteiger partial charge in [0.25, 0.3) is 5.91 Å². The van der Waals surface area contributed by atoms with E-state index in [0.717, 1.165) is 25.9 Å². The molecule has 2 unspecified atom stereocenters. The lowest BCUT2D eigenvalue weighted by Gasteiger charge is -2.20. The fraction of sp³-hybridized carbons (Fsp3) is 0.400. The van der Waals surface area contributed by atoms with Crippen LogP contribution >= 0.6 is 11.6 Å². The molecule has 27 heavy (non-hydrogen) atoms. The van der Waals surface area contributed by atoms with Crippen LogP contribution in [0, 0.1) is 23.2 Å². The van der Waals surface area contributed by atoms with Crippen molar-refractivity contribution in [3.8, 4) is 11.8 Å². The van der Waals surface area contributed by atoms with E-state index in [0.29, 0.717) is 40.4 Å². The number of ether oxygens (including phenoxy) is 1. The molecule has 138 valence electrons. The zero-order chi connectivity index (χ0) is 18.8. The Bertz CT molecular complexity index is 872. The Balaban J connectivity index is 1.35. The van der Waals surface area contributed by atoms with E-state index < -0.39 is 0 Å². The molecule has 4 rings (SSSR count). The van der Waals surface area contributed by atoms with Gasteiger partial charge in [0.15, 0.2) is 0 Å². The number of amides is 1. The van der Waals surface area contributed by atoms with Gasteiger partial charge >= 0.3 is 0 Å². The summed E-state index contributed by atoms with van der Waals surface area (Å²) in [7, 11) is 0. The van der Waals surface area contributed by atoms with Gasteiger partial charge in [-0.3, -0.25) is 9.79 Å². The molecule has 1 aromatic rings. The van der Waals surface area contributed by atoms with Gasteiger partial charge in [-0.1, -0.05) is 11.6 Å². The molecule has 0 spiro atoms. The standard InChI is InChI=1S/C20H19ClN4O2/c21-18-8-16(3-2-13(18)9-22)27-17-6-14-11-25(12-15(14)7-17)20(26)19-10-23-4-1-5-24-19/h1-3,5,8,10,14-15,17H,4,6-7,11-12H2. The SMILES string of the molecule is N#Cc1ccc(OC2CC3CN(C(=O)C4=NC=CCN=C4)CC3C2)cc1Cl. The van der Waals surface area contributed by atoms with Gasteiger partial charge in [0.1, 0.15) is 17.5 Å². The van der Waals surface area contributed by atoms with E-state index in [1.165, 1.54) is 0 Å². The second-order valence-corrected chi connectivity index (χ2v) is 7.50. The summed E-state index contributed by atoms with van der Waals surface area (Å²) >= 11 is 6.08. The first-order valence-corrected chi connectivity index (χ1v) is 9.40. The van der Waals surface area contributed by atoms with Crippen molar-refractivity contribution in [2.24, 2.45) is 21.8 Å². The maximum absolute atomic E-state index is 12.7. The Kier molecular flexibility index (Phi) is 4.95. The number of halogens is 1. The van der Waals surface area contributed by atoms with Crippen LogP contribution < -0.4 is 4.74 Å². The number of fused-ring (bicyclic) bond motifs is 1. The highest BCUT2D eigenvalue weighted by Gasteiger charge is 2.43. The zero-order valence-corrected chi connectivity index (χ0v) is 15.5. The monoisotopic (exact) mass is 382 g/mol. The quantitative estimate of drug-likeness (QED) is 0.806. The average Bonchev–Trinajstić information content (AvgIpc) is 3.08. The normalized spacial score (nSPS) is 26.3. The van der Waals surface area contributed by atoms with Crippen LogP contribution in [0.3, 0.4) is 0 Å². The molecule has 2 atom stereocenters. The lowest BCUT2D eigenvalue weighted by atomic mass is 10.0. The molecule has 1 saturated carbocycles. The van der Waals surface area contributed by atoms with E-state index >= 15 is 0 Å². The van der Waals surface area contributed by atoms with E-state index in [1.807, 2.05) is 17.0 Å². The van der Waals surface area contributed by atoms with Crippen molar-refractivity contribution >= 4 is 29.4 Å². The van der Waals surface area contributed by atoms with Crippen molar-refractivity contribution in [1.29, 1.82) is 5.26 Å². The molecule has 0 bridgehead atoms. The van der Waals surface area contributed by atoms with Crippen LogP contribution in [0.1, 0.15) is 18.4 Å². The summed E-state index contributed by atoms with van der Waals surface area (Å²) < 4.78 is 6.07. The Labute approximate surface area is 162 Å². The predicted molar refractivity (Wildman–Crippen MR) is 103 cm³/mol. The molecule has 0 N–H and O–H groups in total. The molecule has 7 heteroatoms. The van der Waals surface area contributed by atoms with Crippen LogP contribution in [0.15, 0.2) is 40.5 Å². The minimum atomic E-state index is -0.0453. The minimum absolute atomic E-state index is 0.0453. The lowest BCUT2D eigenvalue weighted by Crippen LogP contribution is -2.36. The van der Waals surface area contributed by atoms with Crippen molar-refractivity contribution in [3.05, 3.63) is 41.1 Å². The minimum Gasteiger partial charge on any atom is -0.490 e. The molecule has 1 aliphatic carbocycles. The molecule has 0 radical (unpaired) electrons. The smallest absolute Gasteiger partial charge is 0.274 e. The van der Waals surface area contributed by atoms with Crippen LogP contribution in [0.2, 0.25) is 5.02 Å². The molecule has 2 aliphatic heterocycles. The number of hydrogen-bond donors (Lipinski definition) is 0. The largest absolute Gasteiger partial charge is 0.490 e. The van der Waals surface area contributed by atoms with Crippen molar-refractivity contribution in [1.82, 2.24) is 4.90 Å². The number of hydrogen-bond acceptors (Lipinski definition) is 5. The highest BCUT2D eigenvalue weighted by Crippen LogP contribution is 2.40. The number of nitriles is 1. The predicted octanol–water partition coefficient (Wildman–Crippen LogP) is 2.87. The fourth-order valence-corrected chi connectivity index (χ4v) is 4.26. The summed E-state index contributed by atoms with van der Waals surface area (Å²) in [6.45, 7) is 2.02. The number of rotatable bonds is 3. The summed E-state index contributed by atoms with van der Waals surface area (Å²) in [6, 6.07) is 7.20. The fourth-order valence-electron chi connectivity index (χ4n) is 4.04. The van der Waals surface area contributed by atoms with Crippen molar-refractivity contribution in [3.63, 3.8) is 0 Å². The second-order valence-electron chi connectivity index (χ2n) is 7.09. The van der Waals surface area contributed by atoms with Crippen molar-refractivity contribution in [2.45, 2.75) is 18.9 Å². The van der Waals surface area contributed by atoms with Crippen LogP contribution in [-0.2, 0) is 4.79 Å². The van der Waals surface area contributed by atoms with Crippen LogP contribution in [0.5, 0.6) is 5.75 Å². The van der Waals surface area contributed by atoms with Gasteiger partial charge in [0.2, 0.25) is 0 Å². The average molecular weight is 383 g/mol. The van der Waals surface area contributed by atoms with Crippen LogP contribution in [-0.4, -0.2) is 48.5 Å². The molecule has 1 saturated heterocycles. The molecule has 0 aromatic heterocycles. The highest BCUT2D eigenvalue weighted by atomic mass is 35.5. The maximum atomic E-state index is 12.7. The molecule has 1 amide bonds. The molecular formula is C20H19ClN4O2. The molecule has 1 aromatic carbocycles. The third-order valence-corrected chi connectivity index (χ3v) is 5.63. The van der Waals surface area contributed by atoms with Crippen molar-refractivity contribution < 1.29 is 9.53 Å². The molecular weight excluding hydrogens is 364 g/mol. The summed E-state index contributed by atoms with van der Waals surface area (Å²) in [6.07, 6.45) is 6.97. The Morgan fingerprint density at radius 2 is 2.07 bits per heavy atom. The first-order valence-electron chi connectivity index (χ1n) is 9.02. The number of carbonyl (C=O) groups excluding carboxylic acids is 1. The number of benzene rings is 1. The highest BCUT2D eigenvalue weighted by molar-refractivity contribution is 6.60. The summed E-state index contributed by atoms with van der Waals surface area (Å²) in [5.41, 5.74) is 0.852. The number of aliphatic imine (C=N–C) groups is 2. The van der Waals surface area contributed by atoms with Gasteiger partial charge in [-0.25, -0.2) is 4.99 Å². The van der Waals surface area contributed by atoms with Gasteiger partial charge in [0, 0.05) is 25.4 Å².